The van der Waals surface area contributed by atoms with Crippen molar-refractivity contribution in [3.8, 4) is 5.69 Å². The molecule has 0 saturated carbocycles. The molecule has 200 valence electrons. The first kappa shape index (κ1) is 25.4. The molecule has 1 aliphatic heterocycles. The second-order valence-electron chi connectivity index (χ2n) is 10.6. The van der Waals surface area contributed by atoms with Gasteiger partial charge in [-0.1, -0.05) is 59.5 Å². The fourth-order valence-electron chi connectivity index (χ4n) is 6.03. The number of hydrogen-bond acceptors (Lipinski definition) is 3. The Kier molecular flexibility index (Phi) is 6.86. The van der Waals surface area contributed by atoms with Crippen molar-refractivity contribution in [1.29, 1.82) is 0 Å². The maximum Gasteiger partial charge on any atom is 0.263 e. The molecule has 0 radical (unpaired) electrons. The van der Waals surface area contributed by atoms with Gasteiger partial charge in [0, 0.05) is 41.9 Å². The van der Waals surface area contributed by atoms with Crippen molar-refractivity contribution in [1.82, 2.24) is 4.57 Å². The molecule has 3 aliphatic rings. The Hall–Kier alpha value is -3.54. The SMILES string of the molecule is CCN1C(=CC2=CC(=Cc3sc4ccc(-n5cccc5)cc4[n+]3CC)CCC2)Sc2ccc(C3C=CC=C3)cc21. The Morgan fingerprint density at radius 3 is 2.62 bits per heavy atom. The number of thioether (sulfide) groups is 1. The van der Waals surface area contributed by atoms with Crippen LogP contribution in [0.3, 0.4) is 0 Å². The zero-order valence-corrected chi connectivity index (χ0v) is 24.7. The Morgan fingerprint density at radius 2 is 1.82 bits per heavy atom. The van der Waals surface area contributed by atoms with E-state index in [4.69, 9.17) is 0 Å². The highest BCUT2D eigenvalue weighted by Crippen LogP contribution is 2.48. The number of fused-ring (bicyclic) bond motifs is 2. The molecule has 0 N–H and O–H groups in total. The number of allylic oxidation sites excluding steroid dienone is 8. The standard InChI is InChI=1S/C35H34N3S2/c1-3-37-30-23-28(27-12-5-6-13-27)14-16-32(30)39-34(37)21-25-10-9-11-26(20-25)22-35-38(4-2)31-24-29(15-17-33(31)40-35)36-18-7-8-19-36/h5-8,12-24,27H,3-4,9-11H2,1-2H3/q+1. The molecule has 5 heteroatoms. The van der Waals surface area contributed by atoms with Gasteiger partial charge in [-0.25, -0.2) is 0 Å². The Morgan fingerprint density at radius 1 is 0.975 bits per heavy atom. The molecule has 0 fully saturated rings. The Balaban J connectivity index is 1.19. The smallest absolute Gasteiger partial charge is 0.263 e. The van der Waals surface area contributed by atoms with Gasteiger partial charge in [-0.05, 0) is 92.3 Å². The van der Waals surface area contributed by atoms with Crippen LogP contribution in [0, 0.1) is 0 Å². The lowest BCUT2D eigenvalue weighted by molar-refractivity contribution is -0.665. The van der Waals surface area contributed by atoms with E-state index < -0.39 is 0 Å². The van der Waals surface area contributed by atoms with E-state index in [1.165, 1.54) is 59.7 Å². The highest BCUT2D eigenvalue weighted by molar-refractivity contribution is 8.03. The summed E-state index contributed by atoms with van der Waals surface area (Å²) in [6.45, 7) is 6.45. The average molecular weight is 561 g/mol. The van der Waals surface area contributed by atoms with Crippen LogP contribution in [-0.2, 0) is 6.54 Å². The van der Waals surface area contributed by atoms with Gasteiger partial charge in [-0.3, -0.25) is 0 Å². The fourth-order valence-corrected chi connectivity index (χ4v) is 8.39. The molecule has 0 saturated heterocycles. The zero-order valence-electron chi connectivity index (χ0n) is 23.1. The summed E-state index contributed by atoms with van der Waals surface area (Å²) in [5.41, 5.74) is 8.12. The van der Waals surface area contributed by atoms with Gasteiger partial charge in [0.25, 0.3) is 5.01 Å². The van der Waals surface area contributed by atoms with Crippen LogP contribution in [0.5, 0.6) is 0 Å². The van der Waals surface area contributed by atoms with Crippen LogP contribution >= 0.6 is 23.1 Å². The summed E-state index contributed by atoms with van der Waals surface area (Å²) in [7, 11) is 0. The molecular weight excluding hydrogens is 527 g/mol. The molecule has 0 amide bonds. The first-order valence-electron chi connectivity index (χ1n) is 14.4. The van der Waals surface area contributed by atoms with Gasteiger partial charge in [0.15, 0.2) is 0 Å². The topological polar surface area (TPSA) is 12.1 Å². The van der Waals surface area contributed by atoms with E-state index in [-0.39, 0.29) is 0 Å². The number of rotatable bonds is 6. The van der Waals surface area contributed by atoms with Crippen LogP contribution in [0.25, 0.3) is 22.0 Å². The van der Waals surface area contributed by atoms with Crippen LogP contribution in [0.1, 0.15) is 49.6 Å². The summed E-state index contributed by atoms with van der Waals surface area (Å²) in [5, 5.41) is 2.69. The highest BCUT2D eigenvalue weighted by Gasteiger charge is 2.26. The van der Waals surface area contributed by atoms with Crippen LogP contribution in [0.4, 0.5) is 5.69 Å². The molecule has 0 unspecified atom stereocenters. The summed E-state index contributed by atoms with van der Waals surface area (Å²) in [4.78, 5) is 3.85. The van der Waals surface area contributed by atoms with E-state index in [0.29, 0.717) is 5.92 Å². The average Bonchev–Trinajstić information content (AvgIpc) is 3.78. The maximum absolute atomic E-state index is 2.49. The number of benzene rings is 2. The van der Waals surface area contributed by atoms with E-state index in [1.807, 2.05) is 23.1 Å². The molecule has 2 aromatic heterocycles. The highest BCUT2D eigenvalue weighted by atomic mass is 32.2. The lowest BCUT2D eigenvalue weighted by Crippen LogP contribution is -2.33. The zero-order chi connectivity index (χ0) is 27.1. The number of aromatic nitrogens is 2. The van der Waals surface area contributed by atoms with Crippen molar-refractivity contribution in [2.45, 2.75) is 50.5 Å². The van der Waals surface area contributed by atoms with Crippen LogP contribution in [-0.4, -0.2) is 11.1 Å². The summed E-state index contributed by atoms with van der Waals surface area (Å²) in [5.74, 6) is 0.399. The molecule has 0 spiro atoms. The third kappa shape index (κ3) is 4.71. The first-order valence-corrected chi connectivity index (χ1v) is 16.0. The molecule has 7 rings (SSSR count). The molecule has 3 heterocycles. The van der Waals surface area contributed by atoms with Gasteiger partial charge in [-0.2, -0.15) is 4.57 Å². The van der Waals surface area contributed by atoms with Gasteiger partial charge < -0.3 is 9.47 Å². The summed E-state index contributed by atoms with van der Waals surface area (Å²) in [6.07, 6.45) is 23.9. The number of hydrogen-bond donors (Lipinski definition) is 0. The molecule has 0 bridgehead atoms. The second-order valence-corrected chi connectivity index (χ2v) is 12.7. The van der Waals surface area contributed by atoms with E-state index in [0.717, 1.165) is 25.9 Å². The predicted molar refractivity (Wildman–Crippen MR) is 171 cm³/mol. The Labute approximate surface area is 245 Å². The number of nitrogens with zero attached hydrogens (tertiary/aromatic N) is 3. The van der Waals surface area contributed by atoms with Crippen molar-refractivity contribution < 1.29 is 4.57 Å². The van der Waals surface area contributed by atoms with E-state index >= 15 is 0 Å². The predicted octanol–water partition coefficient (Wildman–Crippen LogP) is 9.18. The van der Waals surface area contributed by atoms with Crippen LogP contribution in [0.15, 0.2) is 118 Å². The number of anilines is 1. The van der Waals surface area contributed by atoms with Gasteiger partial charge in [0.1, 0.15) is 11.2 Å². The molecule has 2 aliphatic carbocycles. The van der Waals surface area contributed by atoms with Crippen LogP contribution in [0.2, 0.25) is 0 Å². The molecule has 40 heavy (non-hydrogen) atoms. The molecular formula is C35H34N3S2+. The van der Waals surface area contributed by atoms with E-state index in [1.54, 1.807) is 0 Å². The largest absolute Gasteiger partial charge is 0.335 e. The van der Waals surface area contributed by atoms with Gasteiger partial charge in [0.2, 0.25) is 5.52 Å². The second kappa shape index (κ2) is 10.8. The monoisotopic (exact) mass is 560 g/mol. The molecule has 2 aromatic carbocycles. The van der Waals surface area contributed by atoms with Crippen LogP contribution < -0.4 is 9.47 Å². The van der Waals surface area contributed by atoms with Crippen molar-refractivity contribution in [2.24, 2.45) is 0 Å². The van der Waals surface area contributed by atoms with Gasteiger partial charge >= 0.3 is 0 Å². The van der Waals surface area contributed by atoms with Gasteiger partial charge in [-0.15, -0.1) is 0 Å². The van der Waals surface area contributed by atoms with Crippen molar-refractivity contribution >= 4 is 45.1 Å². The summed E-state index contributed by atoms with van der Waals surface area (Å²) < 4.78 is 5.99. The van der Waals surface area contributed by atoms with Crippen molar-refractivity contribution in [3.05, 3.63) is 124 Å². The van der Waals surface area contributed by atoms with Crippen molar-refractivity contribution in [3.63, 3.8) is 0 Å². The lowest BCUT2D eigenvalue weighted by atomic mass is 9.95. The quantitative estimate of drug-likeness (QED) is 0.218. The minimum atomic E-state index is 0.399. The summed E-state index contributed by atoms with van der Waals surface area (Å²) >= 11 is 3.82. The normalized spacial score (nSPS) is 18.9. The summed E-state index contributed by atoms with van der Waals surface area (Å²) in [6, 6.07) is 18.0. The third-order valence-corrected chi connectivity index (χ3v) is 10.3. The molecule has 4 aromatic rings. The number of aryl methyl sites for hydroxylation is 1. The molecule has 3 nitrogen and oxygen atoms in total. The van der Waals surface area contributed by atoms with E-state index in [9.17, 15) is 0 Å². The first-order chi connectivity index (χ1) is 19.7. The van der Waals surface area contributed by atoms with Gasteiger partial charge in [0.05, 0.1) is 16.4 Å². The number of thiazole rings is 1. The third-order valence-electron chi connectivity index (χ3n) is 8.06. The fraction of sp³-hybridized carbons (Fsp3) is 0.229. The lowest BCUT2D eigenvalue weighted by Gasteiger charge is -2.20. The van der Waals surface area contributed by atoms with Crippen molar-refractivity contribution in [2.75, 3.05) is 11.4 Å². The minimum absolute atomic E-state index is 0.399. The van der Waals surface area contributed by atoms with E-state index in [2.05, 4.69) is 131 Å². The maximum atomic E-state index is 2.49. The molecule has 0 atom stereocenters. The Bertz CT molecular complexity index is 1720. The minimum Gasteiger partial charge on any atom is -0.335 e.